The Labute approximate surface area is 197 Å². The van der Waals surface area contributed by atoms with Crippen LogP contribution in [0, 0.1) is 5.92 Å². The lowest BCUT2D eigenvalue weighted by molar-refractivity contribution is -0.132. The van der Waals surface area contributed by atoms with Gasteiger partial charge in [-0.1, -0.05) is 19.1 Å². The average molecular weight is 480 g/mol. The van der Waals surface area contributed by atoms with Crippen molar-refractivity contribution in [3.8, 4) is 5.75 Å². The van der Waals surface area contributed by atoms with Crippen LogP contribution in [-0.2, 0) is 14.8 Å². The Bertz CT molecular complexity index is 992. The molecule has 0 spiro atoms. The highest BCUT2D eigenvalue weighted by Gasteiger charge is 2.38. The van der Waals surface area contributed by atoms with Crippen molar-refractivity contribution in [3.05, 3.63) is 29.8 Å². The summed E-state index contributed by atoms with van der Waals surface area (Å²) in [6, 6.07) is 4.70. The Kier molecular flexibility index (Phi) is 8.21. The summed E-state index contributed by atoms with van der Waals surface area (Å²) in [6.07, 6.45) is 4.85. The molecule has 0 saturated heterocycles. The van der Waals surface area contributed by atoms with Crippen molar-refractivity contribution >= 4 is 21.5 Å². The number of aliphatic hydroxyl groups is 1. The molecule has 0 aromatic heterocycles. The summed E-state index contributed by atoms with van der Waals surface area (Å²) >= 11 is 0. The monoisotopic (exact) mass is 479 g/mol. The van der Waals surface area contributed by atoms with Crippen LogP contribution in [0.2, 0.25) is 0 Å². The highest BCUT2D eigenvalue weighted by Crippen LogP contribution is 2.37. The van der Waals surface area contributed by atoms with Crippen molar-refractivity contribution in [1.29, 1.82) is 0 Å². The molecule has 184 valence electrons. The molecule has 0 fully saturated rings. The molecule has 1 aliphatic heterocycles. The van der Waals surface area contributed by atoms with E-state index >= 15 is 0 Å². The molecule has 9 heteroatoms. The number of ether oxygens (including phenoxy) is 1. The first-order valence-corrected chi connectivity index (χ1v) is 13.0. The number of fused-ring (bicyclic) bond motifs is 1. The van der Waals surface area contributed by atoms with Crippen LogP contribution in [0.1, 0.15) is 38.7 Å². The standard InChI is InChI=1S/C24H37N3O5S/c1-17-13-27(18(2)16-28)33(30,31)23-11-10-20(19-8-6-7-9-19)12-21(23)32-22(17)14-26(5)24(29)15-25(3)4/h8,10-12,17-18,22,28H,6-7,9,13-16H2,1-5H3/t17-,18+,22-/m0/s1. The summed E-state index contributed by atoms with van der Waals surface area (Å²) in [7, 11) is 1.56. The van der Waals surface area contributed by atoms with E-state index < -0.39 is 22.2 Å². The second kappa shape index (κ2) is 10.5. The largest absolute Gasteiger partial charge is 0.487 e. The first-order valence-electron chi connectivity index (χ1n) is 11.6. The van der Waals surface area contributed by atoms with Gasteiger partial charge in [-0.05, 0) is 63.6 Å². The van der Waals surface area contributed by atoms with Crippen LogP contribution in [0.3, 0.4) is 0 Å². The van der Waals surface area contributed by atoms with Gasteiger partial charge in [0.25, 0.3) is 0 Å². The summed E-state index contributed by atoms with van der Waals surface area (Å²) in [6.45, 7) is 4.16. The van der Waals surface area contributed by atoms with E-state index in [2.05, 4.69) is 6.08 Å². The average Bonchev–Trinajstić information content (AvgIpc) is 3.29. The molecular weight excluding hydrogens is 442 g/mol. The fourth-order valence-electron chi connectivity index (χ4n) is 4.34. The lowest BCUT2D eigenvalue weighted by Gasteiger charge is -2.37. The number of hydrogen-bond acceptors (Lipinski definition) is 6. The number of hydrogen-bond donors (Lipinski definition) is 1. The van der Waals surface area contributed by atoms with Crippen molar-refractivity contribution in [2.75, 3.05) is 47.4 Å². The van der Waals surface area contributed by atoms with E-state index in [4.69, 9.17) is 4.74 Å². The number of likely N-dealkylation sites (N-methyl/N-ethyl adjacent to an activating group) is 2. The lowest BCUT2D eigenvalue weighted by Crippen LogP contribution is -2.50. The van der Waals surface area contributed by atoms with Crippen molar-refractivity contribution < 1.29 is 23.1 Å². The second-order valence-electron chi connectivity index (χ2n) is 9.54. The predicted molar refractivity (Wildman–Crippen MR) is 128 cm³/mol. The van der Waals surface area contributed by atoms with Gasteiger partial charge in [-0.25, -0.2) is 8.42 Å². The van der Waals surface area contributed by atoms with Gasteiger partial charge < -0.3 is 19.6 Å². The molecular formula is C24H37N3O5S. The molecule has 0 bridgehead atoms. The van der Waals surface area contributed by atoms with Gasteiger partial charge in [0.15, 0.2) is 0 Å². The fourth-order valence-corrected chi connectivity index (χ4v) is 6.17. The van der Waals surface area contributed by atoms with Crippen LogP contribution in [0.25, 0.3) is 5.57 Å². The number of allylic oxidation sites excluding steroid dienone is 2. The number of carbonyl (C=O) groups is 1. The zero-order valence-electron chi connectivity index (χ0n) is 20.3. The number of amides is 1. The number of carbonyl (C=O) groups excluding carboxylic acids is 1. The maximum Gasteiger partial charge on any atom is 0.247 e. The SMILES string of the molecule is C[C@H](CO)N1C[C@H](C)[C@H](CN(C)C(=O)CN(C)C)Oc2cc(C3=CCCC3)ccc2S1(=O)=O. The Hall–Kier alpha value is -1.94. The van der Waals surface area contributed by atoms with Crippen molar-refractivity contribution in [3.63, 3.8) is 0 Å². The fraction of sp³-hybridized carbons (Fsp3) is 0.625. The van der Waals surface area contributed by atoms with Crippen LogP contribution >= 0.6 is 0 Å². The smallest absolute Gasteiger partial charge is 0.247 e. The first-order chi connectivity index (χ1) is 15.5. The Morgan fingerprint density at radius 1 is 1.30 bits per heavy atom. The van der Waals surface area contributed by atoms with E-state index in [-0.39, 0.29) is 36.4 Å². The van der Waals surface area contributed by atoms with E-state index in [1.807, 2.05) is 38.1 Å². The molecule has 1 N–H and O–H groups in total. The van der Waals surface area contributed by atoms with Crippen molar-refractivity contribution in [2.24, 2.45) is 5.92 Å². The molecule has 1 aromatic carbocycles. The van der Waals surface area contributed by atoms with E-state index in [0.29, 0.717) is 12.3 Å². The Balaban J connectivity index is 2.02. The van der Waals surface area contributed by atoms with Gasteiger partial charge in [-0.3, -0.25) is 4.79 Å². The highest BCUT2D eigenvalue weighted by atomic mass is 32.2. The molecule has 0 radical (unpaired) electrons. The lowest BCUT2D eigenvalue weighted by atomic mass is 10.0. The summed E-state index contributed by atoms with van der Waals surface area (Å²) in [5.41, 5.74) is 2.16. The van der Waals surface area contributed by atoms with Gasteiger partial charge in [0.1, 0.15) is 16.7 Å². The van der Waals surface area contributed by atoms with E-state index in [1.165, 1.54) is 9.88 Å². The third kappa shape index (κ3) is 5.77. The maximum atomic E-state index is 13.6. The molecule has 33 heavy (non-hydrogen) atoms. The van der Waals surface area contributed by atoms with Gasteiger partial charge in [0.05, 0.1) is 19.7 Å². The topological polar surface area (TPSA) is 90.4 Å². The van der Waals surface area contributed by atoms with Crippen molar-refractivity contribution in [2.45, 2.75) is 50.2 Å². The van der Waals surface area contributed by atoms with Crippen molar-refractivity contribution in [1.82, 2.24) is 14.1 Å². The number of aliphatic hydroxyl groups excluding tert-OH is 1. The minimum Gasteiger partial charge on any atom is -0.487 e. The second-order valence-corrected chi connectivity index (χ2v) is 11.4. The predicted octanol–water partition coefficient (Wildman–Crippen LogP) is 2.04. The Morgan fingerprint density at radius 3 is 2.64 bits per heavy atom. The third-order valence-corrected chi connectivity index (χ3v) is 8.43. The minimum absolute atomic E-state index is 0.0313. The van der Waals surface area contributed by atoms with Crippen LogP contribution < -0.4 is 4.74 Å². The van der Waals surface area contributed by atoms with Crippen LogP contribution in [0.5, 0.6) is 5.75 Å². The summed E-state index contributed by atoms with van der Waals surface area (Å²) in [5, 5.41) is 9.77. The summed E-state index contributed by atoms with van der Waals surface area (Å²) < 4.78 is 34.9. The molecule has 3 rings (SSSR count). The first kappa shape index (κ1) is 25.7. The molecule has 1 heterocycles. The van der Waals surface area contributed by atoms with E-state index in [9.17, 15) is 18.3 Å². The van der Waals surface area contributed by atoms with Crippen LogP contribution in [0.15, 0.2) is 29.2 Å². The third-order valence-electron chi connectivity index (χ3n) is 6.41. The molecule has 0 saturated carbocycles. The summed E-state index contributed by atoms with van der Waals surface area (Å²) in [5.74, 6) is 0.0717. The maximum absolute atomic E-state index is 13.6. The van der Waals surface area contributed by atoms with Gasteiger partial charge in [0, 0.05) is 25.6 Å². The van der Waals surface area contributed by atoms with E-state index in [1.54, 1.807) is 24.9 Å². The van der Waals surface area contributed by atoms with Gasteiger partial charge >= 0.3 is 0 Å². The molecule has 3 atom stereocenters. The summed E-state index contributed by atoms with van der Waals surface area (Å²) in [4.78, 5) is 16.1. The number of nitrogens with zero attached hydrogens (tertiary/aromatic N) is 3. The van der Waals surface area contributed by atoms with Gasteiger partial charge in [-0.2, -0.15) is 4.31 Å². The van der Waals surface area contributed by atoms with E-state index in [0.717, 1.165) is 24.8 Å². The van der Waals surface area contributed by atoms with Crippen LogP contribution in [-0.4, -0.2) is 93.1 Å². The zero-order chi connectivity index (χ0) is 24.3. The molecule has 1 aliphatic carbocycles. The highest BCUT2D eigenvalue weighted by molar-refractivity contribution is 7.89. The molecule has 2 aliphatic rings. The van der Waals surface area contributed by atoms with Gasteiger partial charge in [-0.15, -0.1) is 0 Å². The zero-order valence-corrected chi connectivity index (χ0v) is 21.1. The molecule has 8 nitrogen and oxygen atoms in total. The van der Waals surface area contributed by atoms with Gasteiger partial charge in [0.2, 0.25) is 15.9 Å². The number of rotatable bonds is 7. The molecule has 1 aromatic rings. The quantitative estimate of drug-likeness (QED) is 0.644. The normalized spacial score (nSPS) is 23.8. The van der Waals surface area contributed by atoms with Crippen LogP contribution in [0.4, 0.5) is 0 Å². The number of sulfonamides is 1. The number of benzene rings is 1. The molecule has 1 amide bonds. The molecule has 0 unspecified atom stereocenters. The Morgan fingerprint density at radius 2 is 2.03 bits per heavy atom. The minimum atomic E-state index is -3.87.